The summed E-state index contributed by atoms with van der Waals surface area (Å²) in [5.41, 5.74) is 1.60. The van der Waals surface area contributed by atoms with E-state index in [2.05, 4.69) is 9.82 Å². The Balaban J connectivity index is 1.98. The Morgan fingerprint density at radius 2 is 1.67 bits per heavy atom. The van der Waals surface area contributed by atoms with Crippen molar-refractivity contribution in [2.45, 2.75) is 37.6 Å². The van der Waals surface area contributed by atoms with Crippen molar-refractivity contribution < 1.29 is 8.42 Å². The first-order chi connectivity index (χ1) is 12.7. The molecule has 5 nitrogen and oxygen atoms in total. The predicted octanol–water partition coefficient (Wildman–Crippen LogP) is 4.30. The summed E-state index contributed by atoms with van der Waals surface area (Å²) in [5, 5.41) is 5.09. The molecule has 1 N–H and O–H groups in total. The molecular weight excluding hydrogens is 382 g/mol. The van der Waals surface area contributed by atoms with E-state index in [1.807, 2.05) is 63.2 Å². The number of halogens is 1. The van der Waals surface area contributed by atoms with Crippen LogP contribution in [0, 0.1) is 0 Å². The molecule has 0 radical (unpaired) electrons. The molecule has 142 valence electrons. The lowest BCUT2D eigenvalue weighted by atomic mass is 9.92. The van der Waals surface area contributed by atoms with Gasteiger partial charge in [0.25, 0.3) is 0 Å². The van der Waals surface area contributed by atoms with Crippen LogP contribution in [0.25, 0.3) is 5.69 Å². The first-order valence-electron chi connectivity index (χ1n) is 8.57. The minimum atomic E-state index is -3.77. The number of hydrogen-bond donors (Lipinski definition) is 1. The Labute approximate surface area is 165 Å². The van der Waals surface area contributed by atoms with Gasteiger partial charge in [0.05, 0.1) is 17.6 Å². The first kappa shape index (κ1) is 19.6. The number of para-hydroxylation sites is 1. The van der Waals surface area contributed by atoms with Crippen LogP contribution >= 0.6 is 11.6 Å². The molecule has 0 unspecified atom stereocenters. The summed E-state index contributed by atoms with van der Waals surface area (Å²) in [4.78, 5) is 0.172. The Bertz CT molecular complexity index is 1040. The summed E-state index contributed by atoms with van der Waals surface area (Å²) >= 11 is 6.14. The quantitative estimate of drug-likeness (QED) is 0.690. The second-order valence-corrected chi connectivity index (χ2v) is 9.43. The monoisotopic (exact) mass is 403 g/mol. The summed E-state index contributed by atoms with van der Waals surface area (Å²) in [6.45, 7) is 5.94. The Hall–Kier alpha value is -2.15. The van der Waals surface area contributed by atoms with Crippen LogP contribution in [0.15, 0.2) is 65.7 Å². The fourth-order valence-corrected chi connectivity index (χ4v) is 4.22. The van der Waals surface area contributed by atoms with E-state index in [9.17, 15) is 8.42 Å². The van der Waals surface area contributed by atoms with Gasteiger partial charge in [-0.3, -0.25) is 0 Å². The molecule has 1 aromatic heterocycles. The van der Waals surface area contributed by atoms with Gasteiger partial charge in [-0.1, -0.05) is 68.8 Å². The smallest absolute Gasteiger partial charge is 0.239 e. The van der Waals surface area contributed by atoms with E-state index in [0.29, 0.717) is 10.7 Å². The Morgan fingerprint density at radius 3 is 2.30 bits per heavy atom. The highest BCUT2D eigenvalue weighted by atomic mass is 35.5. The van der Waals surface area contributed by atoms with Crippen molar-refractivity contribution in [2.75, 3.05) is 0 Å². The van der Waals surface area contributed by atoms with Crippen molar-refractivity contribution in [3.8, 4) is 5.69 Å². The second-order valence-electron chi connectivity index (χ2n) is 7.29. The molecule has 1 heterocycles. The van der Waals surface area contributed by atoms with E-state index in [1.165, 1.54) is 0 Å². The third kappa shape index (κ3) is 4.40. The summed E-state index contributed by atoms with van der Waals surface area (Å²) in [5.74, 6) is 0. The van der Waals surface area contributed by atoms with Gasteiger partial charge in [0, 0.05) is 17.0 Å². The van der Waals surface area contributed by atoms with E-state index >= 15 is 0 Å². The Kier molecular flexibility index (Phi) is 5.42. The zero-order valence-corrected chi connectivity index (χ0v) is 17.1. The summed E-state index contributed by atoms with van der Waals surface area (Å²) < 4.78 is 30.3. The van der Waals surface area contributed by atoms with Crippen LogP contribution in [0.3, 0.4) is 0 Å². The van der Waals surface area contributed by atoms with Gasteiger partial charge in [0.15, 0.2) is 0 Å². The van der Waals surface area contributed by atoms with Gasteiger partial charge in [0.2, 0.25) is 10.0 Å². The van der Waals surface area contributed by atoms with E-state index in [0.717, 1.165) is 11.3 Å². The van der Waals surface area contributed by atoms with Crippen molar-refractivity contribution in [2.24, 2.45) is 0 Å². The number of hydrogen-bond acceptors (Lipinski definition) is 3. The van der Waals surface area contributed by atoms with E-state index in [4.69, 9.17) is 11.6 Å². The van der Waals surface area contributed by atoms with E-state index in [1.54, 1.807) is 23.0 Å². The highest BCUT2D eigenvalue weighted by Gasteiger charge is 2.30. The van der Waals surface area contributed by atoms with Crippen molar-refractivity contribution in [1.82, 2.24) is 14.5 Å². The highest BCUT2D eigenvalue weighted by molar-refractivity contribution is 7.89. The lowest BCUT2D eigenvalue weighted by Crippen LogP contribution is -2.26. The molecule has 0 aliphatic heterocycles. The van der Waals surface area contributed by atoms with Crippen molar-refractivity contribution in [3.05, 3.63) is 77.1 Å². The molecule has 2 aromatic carbocycles. The molecule has 0 amide bonds. The second kappa shape index (κ2) is 7.46. The van der Waals surface area contributed by atoms with E-state index in [-0.39, 0.29) is 11.4 Å². The maximum Gasteiger partial charge on any atom is 0.244 e. The van der Waals surface area contributed by atoms with Gasteiger partial charge < -0.3 is 0 Å². The molecule has 0 saturated carbocycles. The zero-order chi connectivity index (χ0) is 19.7. The average molecular weight is 404 g/mol. The number of aromatic nitrogens is 2. The lowest BCUT2D eigenvalue weighted by Gasteiger charge is -2.17. The molecule has 0 atom stereocenters. The van der Waals surface area contributed by atoms with Gasteiger partial charge in [-0.15, -0.1) is 0 Å². The third-order valence-corrected chi connectivity index (χ3v) is 5.88. The summed E-state index contributed by atoms with van der Waals surface area (Å²) in [7, 11) is -3.77. The van der Waals surface area contributed by atoms with Gasteiger partial charge in [-0.2, -0.15) is 5.10 Å². The van der Waals surface area contributed by atoms with Gasteiger partial charge in [0.1, 0.15) is 4.90 Å². The molecule has 7 heteroatoms. The fraction of sp³-hybridized carbons (Fsp3) is 0.250. The van der Waals surface area contributed by atoms with Gasteiger partial charge in [-0.25, -0.2) is 17.8 Å². The number of rotatable bonds is 5. The third-order valence-electron chi connectivity index (χ3n) is 4.11. The van der Waals surface area contributed by atoms with Crippen LogP contribution in [0.1, 0.15) is 32.0 Å². The molecule has 0 spiro atoms. The molecule has 3 aromatic rings. The number of sulfonamides is 1. The molecule has 0 fully saturated rings. The normalized spacial score (nSPS) is 12.3. The van der Waals surface area contributed by atoms with Gasteiger partial charge in [-0.05, 0) is 23.8 Å². The lowest BCUT2D eigenvalue weighted by molar-refractivity contribution is 0.539. The standard InChI is InChI=1S/C20H22ClN3O2S/c1-20(2,3)19-18(14-24(23-19)16-10-5-4-6-11-16)27(25,26)22-13-15-9-7-8-12-17(15)21/h4-12,14,22H,13H2,1-3H3. The SMILES string of the molecule is CC(C)(C)c1nn(-c2ccccc2)cc1S(=O)(=O)NCc1ccccc1Cl. The molecule has 3 rings (SSSR count). The van der Waals surface area contributed by atoms with Crippen molar-refractivity contribution >= 4 is 21.6 Å². The zero-order valence-electron chi connectivity index (χ0n) is 15.5. The number of nitrogens with one attached hydrogen (secondary N) is 1. The Morgan fingerprint density at radius 1 is 1.04 bits per heavy atom. The topological polar surface area (TPSA) is 64.0 Å². The molecule has 0 bridgehead atoms. The molecule has 0 aliphatic rings. The fourth-order valence-electron chi connectivity index (χ4n) is 2.68. The van der Waals surface area contributed by atoms with Crippen LogP contribution in [0.5, 0.6) is 0 Å². The molecule has 27 heavy (non-hydrogen) atoms. The average Bonchev–Trinajstić information content (AvgIpc) is 3.09. The largest absolute Gasteiger partial charge is 0.244 e. The van der Waals surface area contributed by atoms with Crippen LogP contribution < -0.4 is 4.72 Å². The van der Waals surface area contributed by atoms with Gasteiger partial charge >= 0.3 is 0 Å². The number of nitrogens with zero attached hydrogens (tertiary/aromatic N) is 2. The predicted molar refractivity (Wildman–Crippen MR) is 108 cm³/mol. The highest BCUT2D eigenvalue weighted by Crippen LogP contribution is 2.29. The minimum Gasteiger partial charge on any atom is -0.239 e. The molecule has 0 aliphatic carbocycles. The first-order valence-corrected chi connectivity index (χ1v) is 10.4. The maximum absolute atomic E-state index is 13.0. The van der Waals surface area contributed by atoms with Crippen LogP contribution in [-0.4, -0.2) is 18.2 Å². The summed E-state index contributed by atoms with van der Waals surface area (Å²) in [6.07, 6.45) is 1.56. The van der Waals surface area contributed by atoms with Crippen LogP contribution in [0.4, 0.5) is 0 Å². The van der Waals surface area contributed by atoms with Crippen molar-refractivity contribution in [1.29, 1.82) is 0 Å². The molecule has 0 saturated heterocycles. The minimum absolute atomic E-state index is 0.113. The summed E-state index contributed by atoms with van der Waals surface area (Å²) in [6, 6.07) is 16.6. The maximum atomic E-state index is 13.0. The van der Waals surface area contributed by atoms with Crippen LogP contribution in [-0.2, 0) is 22.0 Å². The van der Waals surface area contributed by atoms with E-state index < -0.39 is 15.4 Å². The number of benzene rings is 2. The van der Waals surface area contributed by atoms with Crippen molar-refractivity contribution in [3.63, 3.8) is 0 Å². The van der Waals surface area contributed by atoms with Crippen LogP contribution in [0.2, 0.25) is 5.02 Å². The molecular formula is C20H22ClN3O2S.